The molecule has 0 aliphatic carbocycles. The third-order valence-corrected chi connectivity index (χ3v) is 5.19. The molecule has 30 heavy (non-hydrogen) atoms. The van der Waals surface area contributed by atoms with E-state index in [1.807, 2.05) is 31.2 Å². The van der Waals surface area contributed by atoms with Gasteiger partial charge in [-0.1, -0.05) is 23.2 Å². The number of aromatic amines is 1. The number of fused-ring (bicyclic) bond motifs is 1. The van der Waals surface area contributed by atoms with Crippen molar-refractivity contribution in [3.05, 3.63) is 64.5 Å². The summed E-state index contributed by atoms with van der Waals surface area (Å²) in [6.07, 6.45) is 4.36. The Balaban J connectivity index is 1.64. The number of nitrogens with one attached hydrogen (secondary N) is 1. The Bertz CT molecular complexity index is 1220. The Morgan fingerprint density at radius 1 is 1.17 bits per heavy atom. The van der Waals surface area contributed by atoms with Crippen molar-refractivity contribution in [2.75, 3.05) is 0 Å². The van der Waals surface area contributed by atoms with Gasteiger partial charge in [0.1, 0.15) is 17.5 Å². The summed E-state index contributed by atoms with van der Waals surface area (Å²) in [6.45, 7) is 1.87. The number of aromatic nitrogens is 4. The predicted octanol–water partition coefficient (Wildman–Crippen LogP) is 5.55. The highest BCUT2D eigenvalue weighted by atomic mass is 35.5. The second-order valence-corrected chi connectivity index (χ2v) is 7.51. The van der Waals surface area contributed by atoms with Crippen LogP contribution in [0.4, 0.5) is 5.82 Å². The molecule has 4 rings (SSSR count). The van der Waals surface area contributed by atoms with Crippen LogP contribution >= 0.6 is 23.2 Å². The van der Waals surface area contributed by atoms with Crippen molar-refractivity contribution in [3.8, 4) is 17.0 Å². The number of ether oxygens (including phenoxy) is 1. The first-order chi connectivity index (χ1) is 14.6. The van der Waals surface area contributed by atoms with E-state index in [-0.39, 0.29) is 17.8 Å². The highest BCUT2D eigenvalue weighted by Crippen LogP contribution is 2.34. The maximum Gasteiger partial charge on any atom is 0.518 e. The van der Waals surface area contributed by atoms with Crippen LogP contribution in [0.15, 0.2) is 53.9 Å². The molecule has 0 aliphatic rings. The lowest BCUT2D eigenvalue weighted by Gasteiger charge is -2.17. The summed E-state index contributed by atoms with van der Waals surface area (Å²) >= 11 is 12.8. The fraction of sp³-hybridized carbons (Fsp3) is 0.100. The lowest BCUT2D eigenvalue weighted by atomic mass is 10.1. The van der Waals surface area contributed by atoms with Crippen LogP contribution in [-0.4, -0.2) is 25.7 Å². The van der Waals surface area contributed by atoms with Gasteiger partial charge in [0.2, 0.25) is 0 Å². The normalized spacial score (nSPS) is 12.4. The van der Waals surface area contributed by atoms with Crippen LogP contribution in [0.1, 0.15) is 18.6 Å². The van der Waals surface area contributed by atoms with Gasteiger partial charge in [-0.2, -0.15) is 10.1 Å². The first-order valence-electron chi connectivity index (χ1n) is 8.78. The predicted molar refractivity (Wildman–Crippen MR) is 119 cm³/mol. The summed E-state index contributed by atoms with van der Waals surface area (Å²) in [7, 11) is 0. The molecule has 4 aromatic rings. The quantitative estimate of drug-likeness (QED) is 0.232. The number of aliphatic imine (C=N–C) groups is 1. The summed E-state index contributed by atoms with van der Waals surface area (Å²) in [6, 6.07) is 9.20. The molecule has 10 heteroatoms. The first kappa shape index (κ1) is 20.3. The molecule has 1 atom stereocenters. The van der Waals surface area contributed by atoms with Crippen molar-refractivity contribution >= 4 is 57.1 Å². The van der Waals surface area contributed by atoms with Gasteiger partial charge in [-0.3, -0.25) is 10.1 Å². The Morgan fingerprint density at radius 2 is 1.97 bits per heavy atom. The molecule has 0 fully saturated rings. The number of pyridine rings is 2. The van der Waals surface area contributed by atoms with Crippen LogP contribution in [0.2, 0.25) is 10.0 Å². The van der Waals surface area contributed by atoms with Crippen LogP contribution in [-0.2, 0) is 15.9 Å². The zero-order valence-electron chi connectivity index (χ0n) is 15.5. The molecule has 0 amide bonds. The maximum absolute atomic E-state index is 10.4. The van der Waals surface area contributed by atoms with E-state index in [1.165, 1.54) is 17.9 Å². The molecule has 0 saturated heterocycles. The van der Waals surface area contributed by atoms with E-state index in [0.717, 1.165) is 22.2 Å². The fourth-order valence-electron chi connectivity index (χ4n) is 3.04. The average molecular weight is 459 g/mol. The minimum absolute atomic E-state index is 0.274. The first-order valence-corrected chi connectivity index (χ1v) is 10.3. The van der Waals surface area contributed by atoms with E-state index in [9.17, 15) is 4.21 Å². The Labute approximate surface area is 185 Å². The van der Waals surface area contributed by atoms with E-state index in [4.69, 9.17) is 27.9 Å². The van der Waals surface area contributed by atoms with Crippen molar-refractivity contribution in [1.29, 1.82) is 0 Å². The number of hydrogen-bond acceptors (Lipinski definition) is 6. The van der Waals surface area contributed by atoms with Crippen LogP contribution in [0.5, 0.6) is 5.75 Å². The fourth-order valence-corrected chi connectivity index (χ4v) is 3.86. The zero-order valence-corrected chi connectivity index (χ0v) is 17.9. The van der Waals surface area contributed by atoms with Crippen LogP contribution < -0.4 is 4.74 Å². The number of H-pyrrole nitrogens is 1. The average Bonchev–Trinajstić information content (AvgIpc) is 3.16. The second kappa shape index (κ2) is 8.83. The van der Waals surface area contributed by atoms with Gasteiger partial charge in [0, 0.05) is 39.3 Å². The van der Waals surface area contributed by atoms with E-state index in [1.54, 1.807) is 12.3 Å². The molecular formula is C20H14Cl2N5O2S+. The van der Waals surface area contributed by atoms with Crippen LogP contribution in [0.3, 0.4) is 0 Å². The Hall–Kier alpha value is -2.94. The van der Waals surface area contributed by atoms with Crippen molar-refractivity contribution in [2.45, 2.75) is 13.0 Å². The van der Waals surface area contributed by atoms with Crippen LogP contribution in [0, 0.1) is 0 Å². The Morgan fingerprint density at radius 3 is 2.67 bits per heavy atom. The second-order valence-electron chi connectivity index (χ2n) is 6.29. The summed E-state index contributed by atoms with van der Waals surface area (Å²) in [4.78, 5) is 12.2. The van der Waals surface area contributed by atoms with Crippen molar-refractivity contribution in [3.63, 3.8) is 0 Å². The highest BCUT2D eigenvalue weighted by molar-refractivity contribution is 7.81. The maximum atomic E-state index is 10.4. The molecule has 1 aromatic carbocycles. The molecule has 3 aromatic heterocycles. The van der Waals surface area contributed by atoms with E-state index < -0.39 is 0 Å². The standard InChI is InChI=1S/C20H14Cl2N5O2S/c1-11(19-15(21)8-23-9-16(19)22)29-13-3-4-17-14(6-13)20(27-26-17)12-2-5-18(24-7-12)25-10-30-28/h2-11H,1H3,(H,26,27)/q+1/b25-10+/t11-/m1/s1. The third-order valence-electron chi connectivity index (χ3n) is 4.39. The van der Waals surface area contributed by atoms with E-state index in [0.29, 0.717) is 27.2 Å². The number of halogens is 2. The van der Waals surface area contributed by atoms with Gasteiger partial charge in [0.15, 0.2) is 5.82 Å². The van der Waals surface area contributed by atoms with Crippen molar-refractivity contribution in [2.24, 2.45) is 4.99 Å². The monoisotopic (exact) mass is 458 g/mol. The summed E-state index contributed by atoms with van der Waals surface area (Å²) in [5, 5.41) is 9.18. The number of benzene rings is 1. The minimum atomic E-state index is -0.376. The minimum Gasteiger partial charge on any atom is -0.486 e. The highest BCUT2D eigenvalue weighted by Gasteiger charge is 2.17. The largest absolute Gasteiger partial charge is 0.518 e. The molecule has 3 heterocycles. The van der Waals surface area contributed by atoms with Crippen molar-refractivity contribution in [1.82, 2.24) is 20.2 Å². The van der Waals surface area contributed by atoms with Crippen molar-refractivity contribution < 1.29 is 8.95 Å². The third kappa shape index (κ3) is 4.16. The molecule has 0 radical (unpaired) electrons. The SMILES string of the molecule is C[C@@H](Oc1ccc2[nH]nc(-c3ccc(/N=C/[S+]=O)nc3)c2c1)c1c(Cl)cncc1Cl. The number of rotatable bonds is 6. The van der Waals surface area contributed by atoms with Gasteiger partial charge in [-0.15, -0.1) is 0 Å². The van der Waals surface area contributed by atoms with Gasteiger partial charge < -0.3 is 4.74 Å². The zero-order chi connectivity index (χ0) is 21.1. The topological polar surface area (TPSA) is 93.1 Å². The molecule has 7 nitrogen and oxygen atoms in total. The van der Waals surface area contributed by atoms with E-state index in [2.05, 4.69) is 25.2 Å². The molecule has 1 N–H and O–H groups in total. The summed E-state index contributed by atoms with van der Waals surface area (Å²) in [5.74, 6) is 1.09. The molecule has 0 aliphatic heterocycles. The van der Waals surface area contributed by atoms with Gasteiger partial charge in [-0.05, 0) is 37.3 Å². The molecule has 0 spiro atoms. The van der Waals surface area contributed by atoms with Gasteiger partial charge in [0.05, 0.1) is 15.6 Å². The number of nitrogens with zero attached hydrogens (tertiary/aromatic N) is 4. The summed E-state index contributed by atoms with van der Waals surface area (Å²) in [5.41, 5.74) is 4.26. The lowest BCUT2D eigenvalue weighted by molar-refractivity contribution is 0.227. The lowest BCUT2D eigenvalue weighted by Crippen LogP contribution is -2.05. The molecule has 0 saturated carbocycles. The summed E-state index contributed by atoms with van der Waals surface area (Å²) < 4.78 is 16.5. The molecule has 0 bridgehead atoms. The van der Waals surface area contributed by atoms with Crippen LogP contribution in [0.25, 0.3) is 22.2 Å². The van der Waals surface area contributed by atoms with Gasteiger partial charge >= 0.3 is 17.2 Å². The smallest absolute Gasteiger partial charge is 0.486 e. The van der Waals surface area contributed by atoms with E-state index >= 15 is 0 Å². The number of hydrogen-bond donors (Lipinski definition) is 1. The molecular weight excluding hydrogens is 445 g/mol. The Kier molecular flexibility index (Phi) is 5.98. The van der Waals surface area contributed by atoms with Gasteiger partial charge in [0.25, 0.3) is 0 Å². The molecule has 150 valence electrons. The molecule has 0 unspecified atom stereocenters. The van der Waals surface area contributed by atoms with Gasteiger partial charge in [-0.25, -0.2) is 4.98 Å².